The summed E-state index contributed by atoms with van der Waals surface area (Å²) in [6.07, 6.45) is 0. The second-order valence-electron chi connectivity index (χ2n) is 2.51. The summed E-state index contributed by atoms with van der Waals surface area (Å²) in [7, 11) is -5.61. The van der Waals surface area contributed by atoms with Crippen molar-refractivity contribution in [3.63, 3.8) is 0 Å². The van der Waals surface area contributed by atoms with Crippen LogP contribution in [-0.2, 0) is 0 Å². The van der Waals surface area contributed by atoms with E-state index in [4.69, 9.17) is 34.5 Å². The van der Waals surface area contributed by atoms with Crippen molar-refractivity contribution in [1.82, 2.24) is 4.90 Å². The minimum Gasteiger partial charge on any atom is -0.894 e. The van der Waals surface area contributed by atoms with Crippen LogP contribution >= 0.6 is 0 Å². The molecule has 0 aromatic rings. The van der Waals surface area contributed by atoms with E-state index in [0.29, 0.717) is 19.6 Å². The van der Waals surface area contributed by atoms with Gasteiger partial charge in [0.05, 0.1) is 19.8 Å². The molecule has 0 saturated heterocycles. The summed E-state index contributed by atoms with van der Waals surface area (Å²) < 4.78 is 0. The molecule has 0 spiro atoms. The molecule has 3 N–H and O–H groups in total. The number of nitrogens with zero attached hydrogens (tertiary/aromatic N) is 1. The van der Waals surface area contributed by atoms with Gasteiger partial charge in [-0.15, -0.1) is 0 Å². The van der Waals surface area contributed by atoms with Crippen molar-refractivity contribution in [1.29, 1.82) is 0 Å². The Bertz CT molecular complexity index is 120. The summed E-state index contributed by atoms with van der Waals surface area (Å²) in [5.74, 6) is 0. The molecule has 0 aliphatic heterocycles. The van der Waals surface area contributed by atoms with Crippen LogP contribution in [0.4, 0.5) is 0 Å². The number of rotatable bonds is 6. The van der Waals surface area contributed by atoms with Crippen molar-refractivity contribution in [2.75, 3.05) is 39.5 Å². The number of hydrogen-bond donors (Lipinski definition) is 3. The summed E-state index contributed by atoms with van der Waals surface area (Å²) in [6.45, 7) is 1.75. The van der Waals surface area contributed by atoms with Crippen LogP contribution in [0.5, 0.6) is 0 Å². The van der Waals surface area contributed by atoms with Crippen molar-refractivity contribution in [2.24, 2.45) is 0 Å². The zero-order valence-electron chi connectivity index (χ0n) is 9.58. The van der Waals surface area contributed by atoms with Gasteiger partial charge in [0.1, 0.15) is 0 Å². The molecule has 0 aliphatic carbocycles. The second kappa shape index (κ2) is 17.4. The molecule has 0 fully saturated rings. The van der Waals surface area contributed by atoms with Crippen LogP contribution in [0.1, 0.15) is 0 Å². The normalized spacial score (nSPS) is 9.88. The van der Waals surface area contributed by atoms with Gasteiger partial charge >= 0.3 is 46.1 Å². The molecule has 0 radical (unpaired) electrons. The maximum Gasteiger partial charge on any atom is 2.00 e. The van der Waals surface area contributed by atoms with Crippen LogP contribution in [0.25, 0.3) is 0 Å². The van der Waals surface area contributed by atoms with E-state index in [1.165, 1.54) is 0 Å². The molecule has 8 nitrogen and oxygen atoms in total. The first-order valence-electron chi connectivity index (χ1n) is 4.21. The molecular formula is C6H15Mg2NO7Si. The first-order chi connectivity index (χ1) is 6.85. The van der Waals surface area contributed by atoms with Gasteiger partial charge in [0.2, 0.25) is 0 Å². The van der Waals surface area contributed by atoms with Crippen LogP contribution in [0, 0.1) is 0 Å². The molecule has 0 atom stereocenters. The topological polar surface area (TPSA) is 156 Å². The molecule has 0 rings (SSSR count). The minimum atomic E-state index is -5.61. The van der Waals surface area contributed by atoms with Crippen molar-refractivity contribution in [3.05, 3.63) is 0 Å². The number of aliphatic hydroxyl groups excluding tert-OH is 3. The third-order valence-electron chi connectivity index (χ3n) is 1.25. The van der Waals surface area contributed by atoms with E-state index in [-0.39, 0.29) is 65.9 Å². The summed E-state index contributed by atoms with van der Waals surface area (Å²) in [5, 5.41) is 25.5. The Morgan fingerprint density at radius 1 is 0.706 bits per heavy atom. The quantitative estimate of drug-likeness (QED) is 0.407. The number of aliphatic hydroxyl groups is 3. The van der Waals surface area contributed by atoms with Gasteiger partial charge in [-0.1, -0.05) is 0 Å². The van der Waals surface area contributed by atoms with Gasteiger partial charge in [0, 0.05) is 19.6 Å². The van der Waals surface area contributed by atoms with E-state index in [2.05, 4.69) is 0 Å². The smallest absolute Gasteiger partial charge is 0.894 e. The molecule has 0 unspecified atom stereocenters. The Balaban J connectivity index is -0.000000105. The predicted molar refractivity (Wildman–Crippen MR) is 55.0 cm³/mol. The van der Waals surface area contributed by atoms with Crippen LogP contribution in [0.2, 0.25) is 0 Å². The Kier molecular flexibility index (Phi) is 27.6. The van der Waals surface area contributed by atoms with E-state index in [1.54, 1.807) is 4.90 Å². The fraction of sp³-hybridized carbons (Fsp3) is 1.00. The number of hydrogen-bond acceptors (Lipinski definition) is 8. The first-order valence-corrected chi connectivity index (χ1v) is 5.85. The van der Waals surface area contributed by atoms with Crippen molar-refractivity contribution in [2.45, 2.75) is 0 Å². The molecule has 17 heavy (non-hydrogen) atoms. The zero-order valence-corrected chi connectivity index (χ0v) is 13.4. The van der Waals surface area contributed by atoms with Gasteiger partial charge in [0.25, 0.3) is 0 Å². The maximum absolute atomic E-state index is 8.58. The average Bonchev–Trinajstić information content (AvgIpc) is 2.02. The molecule has 0 aliphatic rings. The third kappa shape index (κ3) is 38.1. The molecule has 0 aromatic heterocycles. The van der Waals surface area contributed by atoms with Gasteiger partial charge in [-0.25, -0.2) is 0 Å². The largest absolute Gasteiger partial charge is 2.00 e. The van der Waals surface area contributed by atoms with Crippen molar-refractivity contribution >= 4 is 55.2 Å². The van der Waals surface area contributed by atoms with E-state index < -0.39 is 9.05 Å². The van der Waals surface area contributed by atoms with Crippen LogP contribution in [0.3, 0.4) is 0 Å². The molecular weight excluding hydrogens is 275 g/mol. The van der Waals surface area contributed by atoms with E-state index in [0.717, 1.165) is 0 Å². The summed E-state index contributed by atoms with van der Waals surface area (Å²) in [4.78, 5) is 36.1. The van der Waals surface area contributed by atoms with Gasteiger partial charge in [-0.3, -0.25) is 4.90 Å². The fourth-order valence-corrected chi connectivity index (χ4v) is 0.760. The fourth-order valence-electron chi connectivity index (χ4n) is 0.760. The summed E-state index contributed by atoms with van der Waals surface area (Å²) in [5.41, 5.74) is 0. The standard InChI is InChI=1S/C6H15NO3.2Mg.O4Si/c8-4-1-7(2-5-9)3-6-10;;;1-5(2,3)4/h8-10H,1-6H2;;;/q;2*+2;-4. The summed E-state index contributed by atoms with van der Waals surface area (Å²) in [6, 6.07) is 0. The molecule has 0 aromatic carbocycles. The van der Waals surface area contributed by atoms with E-state index in [1.807, 2.05) is 0 Å². The van der Waals surface area contributed by atoms with Crippen LogP contribution in [-0.4, -0.2) is 115 Å². The Hall–Kier alpha value is 1.43. The molecule has 0 heterocycles. The monoisotopic (exact) mass is 289 g/mol. The van der Waals surface area contributed by atoms with Crippen molar-refractivity contribution < 1.29 is 34.5 Å². The first kappa shape index (κ1) is 26.9. The zero-order chi connectivity index (χ0) is 12.3. The molecule has 11 heteroatoms. The molecule has 0 amide bonds. The van der Waals surface area contributed by atoms with Gasteiger partial charge < -0.3 is 43.6 Å². The molecule has 0 bridgehead atoms. The van der Waals surface area contributed by atoms with Gasteiger partial charge in [0.15, 0.2) is 0 Å². The Morgan fingerprint density at radius 2 is 0.882 bits per heavy atom. The van der Waals surface area contributed by atoms with E-state index >= 15 is 0 Å². The van der Waals surface area contributed by atoms with E-state index in [9.17, 15) is 0 Å². The second-order valence-corrected chi connectivity index (χ2v) is 3.51. The average molecular weight is 290 g/mol. The molecule has 0 saturated carbocycles. The Labute approximate surface area is 133 Å². The minimum absolute atomic E-state index is 0. The van der Waals surface area contributed by atoms with Gasteiger partial charge in [-0.2, -0.15) is 0 Å². The van der Waals surface area contributed by atoms with Crippen LogP contribution < -0.4 is 19.2 Å². The van der Waals surface area contributed by atoms with Crippen LogP contribution in [0.15, 0.2) is 0 Å². The Morgan fingerprint density at radius 3 is 1.00 bits per heavy atom. The van der Waals surface area contributed by atoms with Crippen molar-refractivity contribution in [3.8, 4) is 0 Å². The SMILES string of the molecule is OCCN(CCO)CCO.[Mg+2].[Mg+2].[O-][Si]([O-])([O-])[O-]. The summed E-state index contributed by atoms with van der Waals surface area (Å²) >= 11 is 0. The third-order valence-corrected chi connectivity index (χ3v) is 1.25. The van der Waals surface area contributed by atoms with Gasteiger partial charge in [-0.05, 0) is 0 Å². The molecule has 94 valence electrons. The predicted octanol–water partition coefficient (Wildman–Crippen LogP) is -7.63. The maximum atomic E-state index is 8.58.